The van der Waals surface area contributed by atoms with Crippen LogP contribution in [0.15, 0.2) is 0 Å². The molecule has 0 saturated heterocycles. The number of carboxylic acids is 1. The van der Waals surface area contributed by atoms with Gasteiger partial charge in [0, 0.05) is 7.05 Å². The number of carbonyl (C=O) groups is 1. The molecule has 2 N–H and O–H groups in total. The Balaban J connectivity index is 2.16. The lowest BCUT2D eigenvalue weighted by Gasteiger charge is -2.12. The quantitative estimate of drug-likeness (QED) is 0.864. The van der Waals surface area contributed by atoms with E-state index in [0.29, 0.717) is 23.2 Å². The van der Waals surface area contributed by atoms with Crippen molar-refractivity contribution in [2.24, 2.45) is 0 Å². The molecule has 0 spiro atoms. The number of nitrogens with zero attached hydrogens (tertiary/aromatic N) is 4. The van der Waals surface area contributed by atoms with Gasteiger partial charge in [-0.1, -0.05) is 11.3 Å². The summed E-state index contributed by atoms with van der Waals surface area (Å²) in [6.07, 6.45) is 0. The Labute approximate surface area is 108 Å². The fourth-order valence-corrected chi connectivity index (χ4v) is 2.35. The highest BCUT2D eigenvalue weighted by molar-refractivity contribution is 7.17. The average molecular weight is 267 g/mol. The third-order valence-electron chi connectivity index (χ3n) is 2.33. The predicted octanol–water partition coefficient (Wildman–Crippen LogP) is 1.21. The zero-order chi connectivity index (χ0) is 13.3. The van der Waals surface area contributed by atoms with Crippen molar-refractivity contribution in [1.82, 2.24) is 20.2 Å². The van der Waals surface area contributed by atoms with E-state index < -0.39 is 5.97 Å². The molecule has 8 heteroatoms. The van der Waals surface area contributed by atoms with Crippen molar-refractivity contribution in [2.45, 2.75) is 20.4 Å². The minimum Gasteiger partial charge on any atom is -0.477 e. The van der Waals surface area contributed by atoms with Gasteiger partial charge in [-0.3, -0.25) is 5.10 Å². The minimum atomic E-state index is -0.946. The van der Waals surface area contributed by atoms with Gasteiger partial charge in [0.2, 0.25) is 0 Å². The molecule has 2 rings (SSSR count). The molecule has 0 saturated carbocycles. The summed E-state index contributed by atoms with van der Waals surface area (Å²) in [6.45, 7) is 4.00. The van der Waals surface area contributed by atoms with Crippen LogP contribution in [0.2, 0.25) is 0 Å². The number of nitrogens with one attached hydrogen (secondary N) is 1. The van der Waals surface area contributed by atoms with E-state index in [4.69, 9.17) is 5.11 Å². The van der Waals surface area contributed by atoms with Crippen molar-refractivity contribution in [3.05, 3.63) is 22.2 Å². The summed E-state index contributed by atoms with van der Waals surface area (Å²) in [5.41, 5.74) is 0.528. The van der Waals surface area contributed by atoms with Gasteiger partial charge in [0.25, 0.3) is 0 Å². The molecule has 0 atom stereocenters. The third-order valence-corrected chi connectivity index (χ3v) is 3.59. The second kappa shape index (κ2) is 4.73. The molecule has 18 heavy (non-hydrogen) atoms. The van der Waals surface area contributed by atoms with Crippen LogP contribution in [0.5, 0.6) is 0 Å². The largest absolute Gasteiger partial charge is 0.477 e. The van der Waals surface area contributed by atoms with Gasteiger partial charge in [0.15, 0.2) is 11.0 Å². The minimum absolute atomic E-state index is 0.267. The van der Waals surface area contributed by atoms with Crippen molar-refractivity contribution in [3.63, 3.8) is 0 Å². The summed E-state index contributed by atoms with van der Waals surface area (Å²) in [5.74, 6) is 0.457. The maximum atomic E-state index is 10.9. The Morgan fingerprint density at radius 3 is 2.67 bits per heavy atom. The first-order chi connectivity index (χ1) is 8.47. The molecular formula is C10H13N5O2S. The molecule has 0 radical (unpaired) electrons. The molecule has 0 bridgehead atoms. The lowest BCUT2D eigenvalue weighted by molar-refractivity contribution is 0.0701. The first-order valence-electron chi connectivity index (χ1n) is 5.27. The Morgan fingerprint density at radius 2 is 2.17 bits per heavy atom. The summed E-state index contributed by atoms with van der Waals surface area (Å²) < 4.78 is 0. The van der Waals surface area contributed by atoms with Gasteiger partial charge >= 0.3 is 5.97 Å². The first kappa shape index (κ1) is 12.5. The number of hydrogen-bond acceptors (Lipinski definition) is 6. The maximum absolute atomic E-state index is 10.9. The fourth-order valence-electron chi connectivity index (χ4n) is 1.48. The molecule has 2 heterocycles. The normalized spacial score (nSPS) is 10.6. The third kappa shape index (κ3) is 2.48. The first-order valence-corrected chi connectivity index (χ1v) is 6.08. The van der Waals surface area contributed by atoms with Crippen LogP contribution in [0.25, 0.3) is 0 Å². The smallest absolute Gasteiger partial charge is 0.347 e. The van der Waals surface area contributed by atoms with E-state index in [1.54, 1.807) is 6.92 Å². The number of anilines is 1. The van der Waals surface area contributed by atoms with Crippen LogP contribution >= 0.6 is 11.3 Å². The molecule has 0 aliphatic carbocycles. The number of aromatic nitrogens is 4. The highest BCUT2D eigenvalue weighted by Crippen LogP contribution is 2.25. The molecule has 0 amide bonds. The Hall–Kier alpha value is -1.96. The summed E-state index contributed by atoms with van der Waals surface area (Å²) in [7, 11) is 1.83. The zero-order valence-electron chi connectivity index (χ0n) is 10.3. The molecule has 0 unspecified atom stereocenters. The van der Waals surface area contributed by atoms with Crippen LogP contribution in [-0.2, 0) is 6.54 Å². The van der Waals surface area contributed by atoms with Gasteiger partial charge in [-0.15, -0.1) is 0 Å². The van der Waals surface area contributed by atoms with Gasteiger partial charge < -0.3 is 10.0 Å². The molecule has 0 fully saturated rings. The van der Waals surface area contributed by atoms with E-state index in [1.807, 2.05) is 18.9 Å². The Kier molecular flexibility index (Phi) is 3.28. The number of aromatic carboxylic acids is 1. The van der Waals surface area contributed by atoms with Gasteiger partial charge in [-0.05, 0) is 13.8 Å². The zero-order valence-corrected chi connectivity index (χ0v) is 11.1. The van der Waals surface area contributed by atoms with Gasteiger partial charge in [-0.2, -0.15) is 5.10 Å². The molecule has 0 aliphatic heterocycles. The maximum Gasteiger partial charge on any atom is 0.347 e. The highest BCUT2D eigenvalue weighted by atomic mass is 32.1. The molecular weight excluding hydrogens is 254 g/mol. The van der Waals surface area contributed by atoms with Crippen LogP contribution in [0.4, 0.5) is 5.13 Å². The monoisotopic (exact) mass is 267 g/mol. The number of aromatic amines is 1. The van der Waals surface area contributed by atoms with E-state index in [1.165, 1.54) is 0 Å². The van der Waals surface area contributed by atoms with Crippen LogP contribution in [-0.4, -0.2) is 38.3 Å². The van der Waals surface area contributed by atoms with Gasteiger partial charge in [0.05, 0.1) is 12.2 Å². The summed E-state index contributed by atoms with van der Waals surface area (Å²) in [6, 6.07) is 0. The van der Waals surface area contributed by atoms with Crippen LogP contribution in [0.3, 0.4) is 0 Å². The predicted molar refractivity (Wildman–Crippen MR) is 67.0 cm³/mol. The fraction of sp³-hybridized carbons (Fsp3) is 0.400. The van der Waals surface area contributed by atoms with Gasteiger partial charge in [-0.25, -0.2) is 14.8 Å². The van der Waals surface area contributed by atoms with E-state index in [0.717, 1.165) is 17.2 Å². The van der Waals surface area contributed by atoms with E-state index >= 15 is 0 Å². The SMILES string of the molecule is Cc1nc(CN(C)c2nc(C)c(C(=O)O)s2)n[nH]1. The van der Waals surface area contributed by atoms with E-state index in [2.05, 4.69) is 20.2 Å². The van der Waals surface area contributed by atoms with Crippen molar-refractivity contribution < 1.29 is 9.90 Å². The Morgan fingerprint density at radius 1 is 1.44 bits per heavy atom. The van der Waals surface area contributed by atoms with Crippen molar-refractivity contribution in [2.75, 3.05) is 11.9 Å². The second-order valence-corrected chi connectivity index (χ2v) is 4.89. The van der Waals surface area contributed by atoms with Crippen LogP contribution in [0.1, 0.15) is 27.0 Å². The molecule has 2 aromatic rings. The number of carboxylic acid groups (broad SMARTS) is 1. The lowest BCUT2D eigenvalue weighted by Crippen LogP contribution is -2.17. The van der Waals surface area contributed by atoms with Crippen LogP contribution < -0.4 is 4.90 Å². The van der Waals surface area contributed by atoms with Gasteiger partial charge in [0.1, 0.15) is 10.7 Å². The molecule has 0 aromatic carbocycles. The average Bonchev–Trinajstić information content (AvgIpc) is 2.85. The van der Waals surface area contributed by atoms with Crippen molar-refractivity contribution in [3.8, 4) is 0 Å². The molecule has 7 nitrogen and oxygen atoms in total. The topological polar surface area (TPSA) is 95.0 Å². The number of hydrogen-bond donors (Lipinski definition) is 2. The van der Waals surface area contributed by atoms with Crippen molar-refractivity contribution in [1.29, 1.82) is 0 Å². The highest BCUT2D eigenvalue weighted by Gasteiger charge is 2.17. The number of rotatable bonds is 4. The lowest BCUT2D eigenvalue weighted by atomic mass is 10.4. The summed E-state index contributed by atoms with van der Waals surface area (Å²) in [4.78, 5) is 21.5. The Bertz CT molecular complexity index is 577. The summed E-state index contributed by atoms with van der Waals surface area (Å²) in [5, 5.41) is 16.4. The molecule has 96 valence electrons. The second-order valence-electron chi connectivity index (χ2n) is 3.91. The molecule has 0 aliphatic rings. The molecule has 2 aromatic heterocycles. The standard InChI is InChI=1S/C10H13N5O2S/c1-5-8(9(16)17)18-10(11-5)15(3)4-7-12-6(2)13-14-7/h4H2,1-3H3,(H,16,17)(H,12,13,14). The number of thiazole rings is 1. The van der Waals surface area contributed by atoms with Crippen LogP contribution in [0, 0.1) is 13.8 Å². The van der Waals surface area contributed by atoms with E-state index in [9.17, 15) is 4.79 Å². The van der Waals surface area contributed by atoms with E-state index in [-0.39, 0.29) is 4.88 Å². The number of aryl methyl sites for hydroxylation is 2. The number of H-pyrrole nitrogens is 1. The van der Waals surface area contributed by atoms with Crippen molar-refractivity contribution >= 4 is 22.4 Å². The summed E-state index contributed by atoms with van der Waals surface area (Å²) >= 11 is 1.15.